The number of methoxy groups -OCH3 is 1. The molecule has 0 amide bonds. The third-order valence-corrected chi connectivity index (χ3v) is 6.22. The lowest BCUT2D eigenvalue weighted by atomic mass is 10.1. The number of hydrogen-bond acceptors (Lipinski definition) is 4. The van der Waals surface area contributed by atoms with E-state index in [-0.39, 0.29) is 5.78 Å². The van der Waals surface area contributed by atoms with E-state index in [9.17, 15) is 4.79 Å². The van der Waals surface area contributed by atoms with Gasteiger partial charge >= 0.3 is 0 Å². The van der Waals surface area contributed by atoms with Gasteiger partial charge in [0.2, 0.25) is 0 Å². The van der Waals surface area contributed by atoms with Crippen LogP contribution in [0.1, 0.15) is 27.3 Å². The maximum Gasteiger partial charge on any atom is 0.178 e. The van der Waals surface area contributed by atoms with Crippen LogP contribution >= 0.6 is 0 Å². The average Bonchev–Trinajstić information content (AvgIpc) is 3.09. The van der Waals surface area contributed by atoms with Crippen molar-refractivity contribution in [2.75, 3.05) is 44.7 Å². The molecule has 0 N–H and O–H groups in total. The van der Waals surface area contributed by atoms with E-state index in [0.717, 1.165) is 61.1 Å². The fourth-order valence-electron chi connectivity index (χ4n) is 4.42. The molecule has 0 saturated carbocycles. The van der Waals surface area contributed by atoms with Crippen LogP contribution in [-0.2, 0) is 6.54 Å². The van der Waals surface area contributed by atoms with Crippen molar-refractivity contribution in [3.05, 3.63) is 83.2 Å². The van der Waals surface area contributed by atoms with Crippen molar-refractivity contribution in [2.45, 2.75) is 20.4 Å². The van der Waals surface area contributed by atoms with Crippen LogP contribution in [0.4, 0.5) is 5.69 Å². The normalized spacial score (nSPS) is 14.6. The Morgan fingerprint density at radius 2 is 1.61 bits per heavy atom. The summed E-state index contributed by atoms with van der Waals surface area (Å²) in [5.41, 5.74) is 5.40. The summed E-state index contributed by atoms with van der Waals surface area (Å²) in [4.78, 5) is 17.7. The van der Waals surface area contributed by atoms with E-state index in [0.29, 0.717) is 6.54 Å². The first kappa shape index (κ1) is 21.2. The van der Waals surface area contributed by atoms with Gasteiger partial charge in [0.25, 0.3) is 0 Å². The Balaban J connectivity index is 1.39. The molecule has 0 radical (unpaired) electrons. The predicted molar refractivity (Wildman–Crippen MR) is 125 cm³/mol. The molecule has 5 nitrogen and oxygen atoms in total. The zero-order valence-corrected chi connectivity index (χ0v) is 18.7. The fraction of sp³-hybridized carbons (Fsp3) is 0.346. The summed E-state index contributed by atoms with van der Waals surface area (Å²) in [6, 6.07) is 20.6. The van der Waals surface area contributed by atoms with Crippen LogP contribution in [0.25, 0.3) is 0 Å². The van der Waals surface area contributed by atoms with Gasteiger partial charge in [0.05, 0.1) is 19.3 Å². The van der Waals surface area contributed by atoms with Crippen molar-refractivity contribution in [3.8, 4) is 5.75 Å². The molecule has 1 aromatic heterocycles. The predicted octanol–water partition coefficient (Wildman–Crippen LogP) is 4.17. The summed E-state index contributed by atoms with van der Waals surface area (Å²) in [6.07, 6.45) is 0. The number of aromatic nitrogens is 1. The first-order valence-electron chi connectivity index (χ1n) is 10.9. The molecular weight excluding hydrogens is 386 g/mol. The average molecular weight is 418 g/mol. The van der Waals surface area contributed by atoms with E-state index in [1.54, 1.807) is 7.11 Å². The summed E-state index contributed by atoms with van der Waals surface area (Å²) < 4.78 is 7.74. The van der Waals surface area contributed by atoms with Gasteiger partial charge in [-0.2, -0.15) is 0 Å². The molecule has 0 unspecified atom stereocenters. The monoisotopic (exact) mass is 417 g/mol. The van der Waals surface area contributed by atoms with Crippen LogP contribution in [0, 0.1) is 13.8 Å². The van der Waals surface area contributed by atoms with E-state index in [4.69, 9.17) is 4.74 Å². The van der Waals surface area contributed by atoms with Crippen molar-refractivity contribution in [1.29, 1.82) is 0 Å². The largest absolute Gasteiger partial charge is 0.495 e. The van der Waals surface area contributed by atoms with Gasteiger partial charge in [-0.3, -0.25) is 9.69 Å². The highest BCUT2D eigenvalue weighted by atomic mass is 16.5. The van der Waals surface area contributed by atoms with Crippen molar-refractivity contribution in [2.24, 2.45) is 0 Å². The Morgan fingerprint density at radius 1 is 0.935 bits per heavy atom. The van der Waals surface area contributed by atoms with Crippen LogP contribution in [-0.4, -0.2) is 55.1 Å². The van der Waals surface area contributed by atoms with E-state index in [2.05, 4.69) is 58.5 Å². The van der Waals surface area contributed by atoms with Crippen LogP contribution in [0.5, 0.6) is 5.75 Å². The zero-order valence-electron chi connectivity index (χ0n) is 18.7. The highest BCUT2D eigenvalue weighted by molar-refractivity contribution is 5.99. The van der Waals surface area contributed by atoms with Gasteiger partial charge in [0.15, 0.2) is 5.78 Å². The molecule has 1 saturated heterocycles. The number of piperazine rings is 1. The number of anilines is 1. The van der Waals surface area contributed by atoms with Gasteiger partial charge in [0.1, 0.15) is 5.75 Å². The van der Waals surface area contributed by atoms with Gasteiger partial charge in [-0.25, -0.2) is 0 Å². The first-order chi connectivity index (χ1) is 15.1. The minimum atomic E-state index is 0.207. The van der Waals surface area contributed by atoms with Crippen LogP contribution in [0.3, 0.4) is 0 Å². The molecule has 31 heavy (non-hydrogen) atoms. The van der Waals surface area contributed by atoms with Crippen molar-refractivity contribution < 1.29 is 9.53 Å². The van der Waals surface area contributed by atoms with E-state index in [1.165, 1.54) is 5.56 Å². The lowest BCUT2D eigenvalue weighted by molar-refractivity contribution is 0.0925. The van der Waals surface area contributed by atoms with Crippen molar-refractivity contribution in [1.82, 2.24) is 9.47 Å². The molecule has 0 atom stereocenters. The molecule has 4 rings (SSSR count). The van der Waals surface area contributed by atoms with Gasteiger partial charge in [0, 0.05) is 49.7 Å². The summed E-state index contributed by atoms with van der Waals surface area (Å²) in [5.74, 6) is 1.11. The Bertz CT molecular complexity index is 1030. The Morgan fingerprint density at radius 3 is 2.32 bits per heavy atom. The number of benzene rings is 2. The van der Waals surface area contributed by atoms with Gasteiger partial charge < -0.3 is 14.2 Å². The molecule has 2 aromatic carbocycles. The number of ketones is 1. The molecule has 0 bridgehead atoms. The van der Waals surface area contributed by atoms with Crippen molar-refractivity contribution >= 4 is 11.5 Å². The Hall–Kier alpha value is -3.05. The molecule has 3 aromatic rings. The molecule has 1 aliphatic rings. The number of ether oxygens (including phenoxy) is 1. The molecule has 1 fully saturated rings. The highest BCUT2D eigenvalue weighted by Crippen LogP contribution is 2.28. The number of carbonyl (C=O) groups excluding carboxylic acids is 1. The van der Waals surface area contributed by atoms with Gasteiger partial charge in [-0.15, -0.1) is 0 Å². The second-order valence-corrected chi connectivity index (χ2v) is 8.21. The highest BCUT2D eigenvalue weighted by Gasteiger charge is 2.23. The topological polar surface area (TPSA) is 37.7 Å². The SMILES string of the molecule is COc1ccccc1N1CCN(CC(=O)c2cc(C)n(Cc3ccccc3)c2C)CC1. The minimum Gasteiger partial charge on any atom is -0.495 e. The number of aryl methyl sites for hydroxylation is 1. The second-order valence-electron chi connectivity index (χ2n) is 8.21. The molecule has 0 spiro atoms. The molecule has 1 aliphatic heterocycles. The lowest BCUT2D eigenvalue weighted by Crippen LogP contribution is -2.48. The van der Waals surface area contributed by atoms with Gasteiger partial charge in [-0.05, 0) is 37.6 Å². The molecule has 5 heteroatoms. The number of carbonyl (C=O) groups is 1. The number of para-hydroxylation sites is 2. The number of nitrogens with zero attached hydrogens (tertiary/aromatic N) is 3. The maximum absolute atomic E-state index is 13.1. The second kappa shape index (κ2) is 9.40. The quantitative estimate of drug-likeness (QED) is 0.541. The standard InChI is InChI=1S/C26H31N3O2/c1-20-17-23(21(2)29(20)18-22-9-5-4-6-10-22)25(30)19-27-13-15-28(16-14-27)24-11-7-8-12-26(24)31-3/h4-12,17H,13-16,18-19H2,1-3H3. The maximum atomic E-state index is 13.1. The number of hydrogen-bond donors (Lipinski definition) is 0. The Labute approximate surface area is 184 Å². The summed E-state index contributed by atoms with van der Waals surface area (Å²) in [7, 11) is 1.71. The molecule has 0 aliphatic carbocycles. The van der Waals surface area contributed by atoms with E-state index < -0.39 is 0 Å². The minimum absolute atomic E-state index is 0.207. The van der Waals surface area contributed by atoms with E-state index >= 15 is 0 Å². The van der Waals surface area contributed by atoms with Gasteiger partial charge in [-0.1, -0.05) is 42.5 Å². The summed E-state index contributed by atoms with van der Waals surface area (Å²) >= 11 is 0. The van der Waals surface area contributed by atoms with Crippen LogP contribution in [0.15, 0.2) is 60.7 Å². The third kappa shape index (κ3) is 4.67. The number of Topliss-reactive ketones (excluding diaryl/α,β-unsaturated/α-hetero) is 1. The van der Waals surface area contributed by atoms with E-state index in [1.807, 2.05) is 30.3 Å². The molecule has 2 heterocycles. The summed E-state index contributed by atoms with van der Waals surface area (Å²) in [5, 5.41) is 0. The van der Waals surface area contributed by atoms with Crippen LogP contribution < -0.4 is 9.64 Å². The number of rotatable bonds is 7. The fourth-order valence-corrected chi connectivity index (χ4v) is 4.42. The zero-order chi connectivity index (χ0) is 21.8. The first-order valence-corrected chi connectivity index (χ1v) is 10.9. The van der Waals surface area contributed by atoms with Crippen LogP contribution in [0.2, 0.25) is 0 Å². The van der Waals surface area contributed by atoms with Crippen molar-refractivity contribution in [3.63, 3.8) is 0 Å². The third-order valence-electron chi connectivity index (χ3n) is 6.22. The lowest BCUT2D eigenvalue weighted by Gasteiger charge is -2.36. The molecule has 162 valence electrons. The smallest absolute Gasteiger partial charge is 0.178 e. The summed E-state index contributed by atoms with van der Waals surface area (Å²) in [6.45, 7) is 8.92. The molecular formula is C26H31N3O2. The Kier molecular flexibility index (Phi) is 6.42.